The highest BCUT2D eigenvalue weighted by molar-refractivity contribution is 6.03. The Labute approximate surface area is 194 Å². The van der Waals surface area contributed by atoms with Crippen molar-refractivity contribution < 1.29 is 23.5 Å². The maximum atomic E-state index is 13.1. The van der Waals surface area contributed by atoms with Crippen LogP contribution in [0, 0.1) is 5.82 Å². The summed E-state index contributed by atoms with van der Waals surface area (Å²) in [6, 6.07) is 16.0. The van der Waals surface area contributed by atoms with Crippen molar-refractivity contribution in [2.24, 2.45) is 0 Å². The molecule has 1 aliphatic rings. The molecule has 0 aliphatic carbocycles. The molecule has 0 saturated heterocycles. The lowest BCUT2D eigenvalue weighted by molar-refractivity contribution is 0.112. The van der Waals surface area contributed by atoms with E-state index in [1.165, 1.54) is 31.4 Å². The molecule has 2 amide bonds. The number of methoxy groups -OCH3 is 1. The summed E-state index contributed by atoms with van der Waals surface area (Å²) in [4.78, 5) is 30.2. The number of hydrogen-bond acceptors (Lipinski definition) is 5. The predicted molar refractivity (Wildman–Crippen MR) is 127 cm³/mol. The summed E-state index contributed by atoms with van der Waals surface area (Å²) in [5.41, 5.74) is 3.34. The van der Waals surface area contributed by atoms with E-state index in [1.54, 1.807) is 35.4 Å². The third-order valence-electron chi connectivity index (χ3n) is 5.69. The van der Waals surface area contributed by atoms with Gasteiger partial charge in [-0.05, 0) is 66.6 Å². The summed E-state index contributed by atoms with van der Waals surface area (Å²) >= 11 is 0. The first-order valence-corrected chi connectivity index (χ1v) is 10.6. The zero-order valence-corrected chi connectivity index (χ0v) is 18.2. The molecule has 0 fully saturated rings. The van der Waals surface area contributed by atoms with Crippen LogP contribution >= 0.6 is 0 Å². The Morgan fingerprint density at radius 3 is 2.68 bits per heavy atom. The van der Waals surface area contributed by atoms with E-state index in [0.717, 1.165) is 17.5 Å². The van der Waals surface area contributed by atoms with Gasteiger partial charge in [0.25, 0.3) is 0 Å². The summed E-state index contributed by atoms with van der Waals surface area (Å²) in [5.74, 6) is 1.25. The lowest BCUT2D eigenvalue weighted by Crippen LogP contribution is -2.33. The number of hydrogen-bond donors (Lipinski definition) is 1. The molecule has 0 atom stereocenters. The molecule has 1 aromatic heterocycles. The van der Waals surface area contributed by atoms with Crippen molar-refractivity contribution in [1.82, 2.24) is 4.98 Å². The largest absolute Gasteiger partial charge is 0.496 e. The molecule has 1 aliphatic heterocycles. The predicted octanol–water partition coefficient (Wildman–Crippen LogP) is 5.58. The summed E-state index contributed by atoms with van der Waals surface area (Å²) in [5, 5.41) is 3.48. The minimum atomic E-state index is -0.361. The first-order valence-electron chi connectivity index (χ1n) is 10.6. The molecule has 5 rings (SSSR count). The molecule has 0 saturated carbocycles. The number of aldehydes is 1. The molecule has 0 radical (unpaired) electrons. The second kappa shape index (κ2) is 8.82. The van der Waals surface area contributed by atoms with E-state index in [-0.39, 0.29) is 11.8 Å². The molecule has 3 aromatic carbocycles. The number of carbonyl (C=O) groups excluding carboxylic acids is 2. The van der Waals surface area contributed by atoms with E-state index in [9.17, 15) is 14.0 Å². The molecule has 4 aromatic rings. The molecule has 7 nitrogen and oxygen atoms in total. The highest BCUT2D eigenvalue weighted by Crippen LogP contribution is 2.36. The molecule has 170 valence electrons. The molecule has 0 bridgehead atoms. The number of fused-ring (bicyclic) bond motifs is 2. The van der Waals surface area contributed by atoms with Gasteiger partial charge in [0.05, 0.1) is 18.2 Å². The van der Waals surface area contributed by atoms with Crippen molar-refractivity contribution in [2.45, 2.75) is 6.42 Å². The summed E-state index contributed by atoms with van der Waals surface area (Å²) in [6.45, 7) is 0.520. The van der Waals surface area contributed by atoms with Gasteiger partial charge in [0.1, 0.15) is 23.1 Å². The van der Waals surface area contributed by atoms with Crippen molar-refractivity contribution in [1.29, 1.82) is 0 Å². The van der Waals surface area contributed by atoms with E-state index in [1.807, 2.05) is 12.1 Å². The minimum Gasteiger partial charge on any atom is -0.496 e. The average Bonchev–Trinajstić information content (AvgIpc) is 3.28. The number of pyridine rings is 1. The van der Waals surface area contributed by atoms with Crippen molar-refractivity contribution >= 4 is 34.6 Å². The zero-order chi connectivity index (χ0) is 23.7. The molecule has 8 heteroatoms. The number of aromatic nitrogens is 1. The Kier molecular flexibility index (Phi) is 5.55. The number of urea groups is 1. The van der Waals surface area contributed by atoms with Gasteiger partial charge in [-0.1, -0.05) is 0 Å². The number of amides is 2. The third kappa shape index (κ3) is 4.01. The molecular weight excluding hydrogens is 437 g/mol. The van der Waals surface area contributed by atoms with E-state index in [2.05, 4.69) is 10.3 Å². The fourth-order valence-corrected chi connectivity index (χ4v) is 4.03. The van der Waals surface area contributed by atoms with Gasteiger partial charge in [0.2, 0.25) is 0 Å². The number of benzene rings is 3. The Bertz CT molecular complexity index is 1410. The Morgan fingerprint density at radius 1 is 1.09 bits per heavy atom. The van der Waals surface area contributed by atoms with Crippen molar-refractivity contribution in [3.8, 4) is 17.2 Å². The fourth-order valence-electron chi connectivity index (χ4n) is 4.03. The van der Waals surface area contributed by atoms with Crippen molar-refractivity contribution in [2.75, 3.05) is 23.9 Å². The topological polar surface area (TPSA) is 80.8 Å². The summed E-state index contributed by atoms with van der Waals surface area (Å²) in [6.07, 6.45) is 3.04. The number of carbonyl (C=O) groups is 2. The van der Waals surface area contributed by atoms with Gasteiger partial charge in [-0.2, -0.15) is 0 Å². The van der Waals surface area contributed by atoms with Gasteiger partial charge >= 0.3 is 6.03 Å². The van der Waals surface area contributed by atoms with Crippen LogP contribution in [0.1, 0.15) is 15.9 Å². The smallest absolute Gasteiger partial charge is 0.326 e. The number of anilines is 2. The highest BCUT2D eigenvalue weighted by atomic mass is 19.1. The maximum absolute atomic E-state index is 13.1. The Morgan fingerprint density at radius 2 is 1.91 bits per heavy atom. The zero-order valence-electron chi connectivity index (χ0n) is 18.2. The van der Waals surface area contributed by atoms with E-state index >= 15 is 0 Å². The van der Waals surface area contributed by atoms with Crippen LogP contribution < -0.4 is 19.7 Å². The van der Waals surface area contributed by atoms with Crippen LogP contribution in [0.25, 0.3) is 10.9 Å². The molecule has 0 spiro atoms. The number of halogens is 1. The van der Waals surface area contributed by atoms with Crippen molar-refractivity contribution in [3.63, 3.8) is 0 Å². The Balaban J connectivity index is 1.38. The lowest BCUT2D eigenvalue weighted by Gasteiger charge is -2.18. The van der Waals surface area contributed by atoms with Gasteiger partial charge < -0.3 is 14.8 Å². The van der Waals surface area contributed by atoms with E-state index in [4.69, 9.17) is 9.47 Å². The van der Waals surface area contributed by atoms with Crippen LogP contribution in [0.4, 0.5) is 20.6 Å². The number of ether oxygens (including phenoxy) is 2. The van der Waals surface area contributed by atoms with Crippen molar-refractivity contribution in [3.05, 3.63) is 83.8 Å². The maximum Gasteiger partial charge on any atom is 0.326 e. The minimum absolute atomic E-state index is 0.283. The van der Waals surface area contributed by atoms with Crippen LogP contribution in [0.2, 0.25) is 0 Å². The normalized spacial score (nSPS) is 12.4. The quantitative estimate of drug-likeness (QED) is 0.396. The summed E-state index contributed by atoms with van der Waals surface area (Å²) < 4.78 is 24.5. The molecular formula is C26H20FN3O4. The van der Waals surface area contributed by atoms with E-state index < -0.39 is 0 Å². The molecule has 0 unspecified atom stereocenters. The summed E-state index contributed by atoms with van der Waals surface area (Å²) in [7, 11) is 1.50. The molecule has 34 heavy (non-hydrogen) atoms. The van der Waals surface area contributed by atoms with Crippen LogP contribution in [0.5, 0.6) is 17.2 Å². The van der Waals surface area contributed by atoms with Gasteiger partial charge in [-0.3, -0.25) is 14.7 Å². The SMILES string of the molecule is COc1cc2nccc(Oc3ccc4c(c3)CCN4C(=O)Nc3ccc(F)cc3)c2cc1C=O. The van der Waals surface area contributed by atoms with Gasteiger partial charge in [0.15, 0.2) is 6.29 Å². The third-order valence-corrected chi connectivity index (χ3v) is 5.69. The van der Waals surface area contributed by atoms with E-state index in [0.29, 0.717) is 52.4 Å². The van der Waals surface area contributed by atoms with Gasteiger partial charge in [-0.15, -0.1) is 0 Å². The highest BCUT2D eigenvalue weighted by Gasteiger charge is 2.25. The monoisotopic (exact) mass is 457 g/mol. The number of nitrogens with one attached hydrogen (secondary N) is 1. The lowest BCUT2D eigenvalue weighted by atomic mass is 10.1. The van der Waals surface area contributed by atoms with Gasteiger partial charge in [-0.25, -0.2) is 9.18 Å². The van der Waals surface area contributed by atoms with Crippen LogP contribution in [-0.2, 0) is 6.42 Å². The first kappa shape index (κ1) is 21.4. The fraction of sp³-hybridized carbons (Fsp3) is 0.115. The Hall–Kier alpha value is -4.46. The van der Waals surface area contributed by atoms with Crippen LogP contribution in [0.3, 0.4) is 0 Å². The second-order valence-electron chi connectivity index (χ2n) is 7.77. The first-order chi connectivity index (χ1) is 16.6. The standard InChI is InChI=1S/C26H20FN3O4/c1-33-25-14-22-21(13-17(25)15-31)24(8-10-28-22)34-20-6-7-23-16(12-20)9-11-30(23)26(32)29-19-4-2-18(27)3-5-19/h2-8,10,12-15H,9,11H2,1H3,(H,29,32). The number of nitrogens with zero attached hydrogens (tertiary/aromatic N) is 2. The van der Waals surface area contributed by atoms with Crippen LogP contribution in [0.15, 0.2) is 66.9 Å². The molecule has 2 heterocycles. The number of rotatable bonds is 5. The van der Waals surface area contributed by atoms with Gasteiger partial charge in [0, 0.05) is 35.6 Å². The average molecular weight is 457 g/mol. The van der Waals surface area contributed by atoms with Crippen LogP contribution in [-0.4, -0.2) is 31.0 Å². The molecule has 1 N–H and O–H groups in total. The second-order valence-corrected chi connectivity index (χ2v) is 7.77.